The van der Waals surface area contributed by atoms with E-state index in [0.29, 0.717) is 29.2 Å². The molecule has 0 heterocycles. The fourth-order valence-corrected chi connectivity index (χ4v) is 1.59. The SMILES string of the molecule is COc1cc(NC(C)C(C)C)cc(OC)c1OC. The number of methoxy groups -OCH3 is 3. The first-order chi connectivity index (χ1) is 8.53. The lowest BCUT2D eigenvalue weighted by Gasteiger charge is -2.21. The van der Waals surface area contributed by atoms with Gasteiger partial charge in [0.2, 0.25) is 5.75 Å². The highest BCUT2D eigenvalue weighted by atomic mass is 16.5. The monoisotopic (exact) mass is 253 g/mol. The summed E-state index contributed by atoms with van der Waals surface area (Å²) in [6, 6.07) is 4.20. The summed E-state index contributed by atoms with van der Waals surface area (Å²) in [6.07, 6.45) is 0. The van der Waals surface area contributed by atoms with E-state index in [1.54, 1.807) is 21.3 Å². The molecular formula is C14H23NO3. The molecule has 0 saturated heterocycles. The van der Waals surface area contributed by atoms with Gasteiger partial charge < -0.3 is 19.5 Å². The number of nitrogens with one attached hydrogen (secondary N) is 1. The second-order valence-electron chi connectivity index (χ2n) is 4.59. The van der Waals surface area contributed by atoms with Gasteiger partial charge in [0.15, 0.2) is 11.5 Å². The van der Waals surface area contributed by atoms with Crippen LogP contribution in [-0.2, 0) is 0 Å². The summed E-state index contributed by atoms with van der Waals surface area (Å²) >= 11 is 0. The predicted octanol–water partition coefficient (Wildman–Crippen LogP) is 3.17. The Balaban J connectivity index is 3.07. The first-order valence-corrected chi connectivity index (χ1v) is 6.10. The summed E-state index contributed by atoms with van der Waals surface area (Å²) in [5.41, 5.74) is 0.964. The number of rotatable bonds is 6. The van der Waals surface area contributed by atoms with Crippen molar-refractivity contribution in [2.75, 3.05) is 26.6 Å². The van der Waals surface area contributed by atoms with Gasteiger partial charge in [-0.15, -0.1) is 0 Å². The van der Waals surface area contributed by atoms with Crippen molar-refractivity contribution in [3.63, 3.8) is 0 Å². The van der Waals surface area contributed by atoms with E-state index in [2.05, 4.69) is 26.1 Å². The maximum absolute atomic E-state index is 5.32. The summed E-state index contributed by atoms with van der Waals surface area (Å²) < 4.78 is 15.9. The normalized spacial score (nSPS) is 12.2. The number of ether oxygens (including phenoxy) is 3. The molecule has 1 aromatic rings. The van der Waals surface area contributed by atoms with Crippen LogP contribution in [0.4, 0.5) is 5.69 Å². The van der Waals surface area contributed by atoms with Crippen LogP contribution >= 0.6 is 0 Å². The summed E-state index contributed by atoms with van der Waals surface area (Å²) in [6.45, 7) is 6.50. The van der Waals surface area contributed by atoms with E-state index in [-0.39, 0.29) is 0 Å². The average Bonchev–Trinajstić information content (AvgIpc) is 2.37. The van der Waals surface area contributed by atoms with Gasteiger partial charge >= 0.3 is 0 Å². The molecule has 1 unspecified atom stereocenters. The van der Waals surface area contributed by atoms with E-state index in [1.165, 1.54) is 0 Å². The van der Waals surface area contributed by atoms with Crippen molar-refractivity contribution in [3.8, 4) is 17.2 Å². The number of hydrogen-bond donors (Lipinski definition) is 1. The van der Waals surface area contributed by atoms with Crippen molar-refractivity contribution in [2.45, 2.75) is 26.8 Å². The number of anilines is 1. The molecule has 0 spiro atoms. The minimum Gasteiger partial charge on any atom is -0.493 e. The average molecular weight is 253 g/mol. The van der Waals surface area contributed by atoms with E-state index >= 15 is 0 Å². The maximum atomic E-state index is 5.32. The fraction of sp³-hybridized carbons (Fsp3) is 0.571. The van der Waals surface area contributed by atoms with Crippen LogP contribution in [0, 0.1) is 5.92 Å². The lowest BCUT2D eigenvalue weighted by atomic mass is 10.1. The molecule has 4 nitrogen and oxygen atoms in total. The molecule has 18 heavy (non-hydrogen) atoms. The lowest BCUT2D eigenvalue weighted by molar-refractivity contribution is 0.324. The molecule has 0 aliphatic carbocycles. The Kier molecular flexibility index (Phi) is 5.13. The molecule has 0 saturated carbocycles. The lowest BCUT2D eigenvalue weighted by Crippen LogP contribution is -2.21. The smallest absolute Gasteiger partial charge is 0.203 e. The van der Waals surface area contributed by atoms with E-state index in [4.69, 9.17) is 14.2 Å². The van der Waals surface area contributed by atoms with Crippen molar-refractivity contribution in [2.24, 2.45) is 5.92 Å². The Bertz CT molecular complexity index is 366. The third-order valence-electron chi connectivity index (χ3n) is 3.06. The van der Waals surface area contributed by atoms with Gasteiger partial charge in [0, 0.05) is 23.9 Å². The van der Waals surface area contributed by atoms with Gasteiger partial charge in [-0.25, -0.2) is 0 Å². The molecule has 1 N–H and O–H groups in total. The zero-order valence-corrected chi connectivity index (χ0v) is 12.0. The van der Waals surface area contributed by atoms with Crippen molar-refractivity contribution in [1.82, 2.24) is 0 Å². The van der Waals surface area contributed by atoms with E-state index in [0.717, 1.165) is 5.69 Å². The van der Waals surface area contributed by atoms with Gasteiger partial charge in [-0.3, -0.25) is 0 Å². The van der Waals surface area contributed by atoms with Crippen LogP contribution in [-0.4, -0.2) is 27.4 Å². The molecule has 1 rings (SSSR count). The van der Waals surface area contributed by atoms with E-state index < -0.39 is 0 Å². The third-order valence-corrected chi connectivity index (χ3v) is 3.06. The Hall–Kier alpha value is -1.58. The fourth-order valence-electron chi connectivity index (χ4n) is 1.59. The quantitative estimate of drug-likeness (QED) is 0.845. The van der Waals surface area contributed by atoms with Crippen LogP contribution < -0.4 is 19.5 Å². The first-order valence-electron chi connectivity index (χ1n) is 6.10. The molecule has 0 aliphatic heterocycles. The van der Waals surface area contributed by atoms with Crippen molar-refractivity contribution >= 4 is 5.69 Å². The van der Waals surface area contributed by atoms with Crippen LogP contribution in [0.5, 0.6) is 17.2 Å². The minimum absolute atomic E-state index is 0.368. The second-order valence-corrected chi connectivity index (χ2v) is 4.59. The van der Waals surface area contributed by atoms with E-state index in [9.17, 15) is 0 Å². The molecule has 0 amide bonds. The van der Waals surface area contributed by atoms with Gasteiger partial charge in [-0.1, -0.05) is 13.8 Å². The number of benzene rings is 1. The Morgan fingerprint density at radius 2 is 1.39 bits per heavy atom. The molecule has 102 valence electrons. The highest BCUT2D eigenvalue weighted by Crippen LogP contribution is 2.40. The van der Waals surface area contributed by atoms with Gasteiger partial charge in [0.25, 0.3) is 0 Å². The van der Waals surface area contributed by atoms with Gasteiger partial charge in [0.05, 0.1) is 21.3 Å². The molecule has 4 heteroatoms. The molecule has 0 fully saturated rings. The highest BCUT2D eigenvalue weighted by Gasteiger charge is 2.14. The standard InChI is InChI=1S/C14H23NO3/c1-9(2)10(3)15-11-7-12(16-4)14(18-6)13(8-11)17-5/h7-10,15H,1-6H3. The van der Waals surface area contributed by atoms with Crippen LogP contribution in [0.15, 0.2) is 12.1 Å². The molecule has 0 aliphatic rings. The third kappa shape index (κ3) is 3.22. The summed E-state index contributed by atoms with van der Waals surface area (Å²) in [5.74, 6) is 2.48. The van der Waals surface area contributed by atoms with Gasteiger partial charge in [0.1, 0.15) is 0 Å². The zero-order chi connectivity index (χ0) is 13.7. The van der Waals surface area contributed by atoms with Crippen LogP contribution in [0.25, 0.3) is 0 Å². The van der Waals surface area contributed by atoms with Crippen LogP contribution in [0.1, 0.15) is 20.8 Å². The van der Waals surface area contributed by atoms with Gasteiger partial charge in [-0.05, 0) is 12.8 Å². The summed E-state index contributed by atoms with van der Waals surface area (Å²) in [7, 11) is 4.84. The molecule has 0 radical (unpaired) electrons. The molecule has 0 aromatic heterocycles. The molecular weight excluding hydrogens is 230 g/mol. The predicted molar refractivity (Wildman–Crippen MR) is 74.0 cm³/mol. The van der Waals surface area contributed by atoms with Crippen LogP contribution in [0.2, 0.25) is 0 Å². The molecule has 1 atom stereocenters. The Morgan fingerprint density at radius 3 is 1.72 bits per heavy atom. The largest absolute Gasteiger partial charge is 0.493 e. The number of hydrogen-bond acceptors (Lipinski definition) is 4. The summed E-state index contributed by atoms with van der Waals surface area (Å²) in [5, 5.41) is 3.43. The van der Waals surface area contributed by atoms with Crippen molar-refractivity contribution < 1.29 is 14.2 Å². The molecule has 0 bridgehead atoms. The van der Waals surface area contributed by atoms with Gasteiger partial charge in [-0.2, -0.15) is 0 Å². The highest BCUT2D eigenvalue weighted by molar-refractivity contribution is 5.62. The Labute approximate surface area is 109 Å². The molecule has 1 aromatic carbocycles. The van der Waals surface area contributed by atoms with E-state index in [1.807, 2.05) is 12.1 Å². The van der Waals surface area contributed by atoms with Crippen LogP contribution in [0.3, 0.4) is 0 Å². The zero-order valence-electron chi connectivity index (χ0n) is 12.0. The maximum Gasteiger partial charge on any atom is 0.203 e. The first kappa shape index (κ1) is 14.5. The summed E-state index contributed by atoms with van der Waals surface area (Å²) in [4.78, 5) is 0. The van der Waals surface area contributed by atoms with Crippen molar-refractivity contribution in [1.29, 1.82) is 0 Å². The topological polar surface area (TPSA) is 39.7 Å². The minimum atomic E-state index is 0.368. The Morgan fingerprint density at radius 1 is 0.889 bits per heavy atom. The van der Waals surface area contributed by atoms with Crippen molar-refractivity contribution in [3.05, 3.63) is 12.1 Å². The second kappa shape index (κ2) is 6.38.